The quantitative estimate of drug-likeness (QED) is 0.718. The molecule has 1 fully saturated rings. The highest BCUT2D eigenvalue weighted by Gasteiger charge is 2.26. The molecule has 26 heavy (non-hydrogen) atoms. The van der Waals surface area contributed by atoms with Crippen LogP contribution in [-0.4, -0.2) is 56.0 Å². The first-order valence-corrected chi connectivity index (χ1v) is 9.00. The maximum Gasteiger partial charge on any atom is 0.258 e. The lowest BCUT2D eigenvalue weighted by Crippen LogP contribution is -2.50. The zero-order valence-corrected chi connectivity index (χ0v) is 16.4. The number of ether oxygens (including phenoxy) is 1. The standard InChI is InChI=1S/C19H29N3O3.ClH/c1-15(21-18(23)14-25-17-6-4-3-5-7-17)19(24)22-12-9-16(10-13-22)8-11-20-2;/h3-7,15-16,20H,8-14H2,1-2H3,(H,21,23);1H. The molecule has 1 aromatic rings. The third-order valence-corrected chi connectivity index (χ3v) is 4.59. The highest BCUT2D eigenvalue weighted by Crippen LogP contribution is 2.20. The van der Waals surface area contributed by atoms with Crippen LogP contribution in [0.2, 0.25) is 0 Å². The largest absolute Gasteiger partial charge is 0.484 e. The monoisotopic (exact) mass is 383 g/mol. The molecule has 1 aliphatic heterocycles. The van der Waals surface area contributed by atoms with Crippen molar-refractivity contribution >= 4 is 24.2 Å². The van der Waals surface area contributed by atoms with Gasteiger partial charge in [-0.3, -0.25) is 9.59 Å². The van der Waals surface area contributed by atoms with E-state index in [2.05, 4.69) is 10.6 Å². The van der Waals surface area contributed by atoms with Gasteiger partial charge in [0.1, 0.15) is 11.8 Å². The molecule has 0 aromatic heterocycles. The number of hydrogen-bond donors (Lipinski definition) is 2. The molecular formula is C19H30ClN3O3. The first-order valence-electron chi connectivity index (χ1n) is 9.00. The van der Waals surface area contributed by atoms with E-state index in [9.17, 15) is 9.59 Å². The van der Waals surface area contributed by atoms with E-state index in [4.69, 9.17) is 4.74 Å². The Morgan fingerprint density at radius 3 is 2.50 bits per heavy atom. The van der Waals surface area contributed by atoms with Crippen LogP contribution < -0.4 is 15.4 Å². The van der Waals surface area contributed by atoms with E-state index in [1.807, 2.05) is 30.1 Å². The molecule has 0 aliphatic carbocycles. The van der Waals surface area contributed by atoms with Gasteiger partial charge in [-0.15, -0.1) is 12.4 Å². The van der Waals surface area contributed by atoms with E-state index >= 15 is 0 Å². The predicted molar refractivity (Wildman–Crippen MR) is 105 cm³/mol. The highest BCUT2D eigenvalue weighted by atomic mass is 35.5. The molecule has 1 atom stereocenters. The number of carbonyl (C=O) groups is 2. The molecule has 0 spiro atoms. The van der Waals surface area contributed by atoms with Gasteiger partial charge in [0.25, 0.3) is 5.91 Å². The van der Waals surface area contributed by atoms with Crippen LogP contribution in [0.15, 0.2) is 30.3 Å². The minimum Gasteiger partial charge on any atom is -0.484 e. The number of likely N-dealkylation sites (tertiary alicyclic amines) is 1. The number of hydrogen-bond acceptors (Lipinski definition) is 4. The van der Waals surface area contributed by atoms with Gasteiger partial charge >= 0.3 is 0 Å². The predicted octanol–water partition coefficient (Wildman–Crippen LogP) is 1.84. The highest BCUT2D eigenvalue weighted by molar-refractivity contribution is 5.87. The molecule has 1 aromatic carbocycles. The Balaban J connectivity index is 0.00000338. The van der Waals surface area contributed by atoms with E-state index in [-0.39, 0.29) is 30.8 Å². The number of benzene rings is 1. The van der Waals surface area contributed by atoms with Crippen LogP contribution in [0, 0.1) is 5.92 Å². The van der Waals surface area contributed by atoms with Gasteiger partial charge < -0.3 is 20.3 Å². The number of nitrogens with zero attached hydrogens (tertiary/aromatic N) is 1. The summed E-state index contributed by atoms with van der Waals surface area (Å²) in [5.41, 5.74) is 0. The fourth-order valence-corrected chi connectivity index (χ4v) is 3.07. The normalized spacial score (nSPS) is 15.7. The number of halogens is 1. The number of nitrogens with one attached hydrogen (secondary N) is 2. The number of para-hydroxylation sites is 1. The molecule has 146 valence electrons. The smallest absolute Gasteiger partial charge is 0.258 e. The summed E-state index contributed by atoms with van der Waals surface area (Å²) >= 11 is 0. The molecule has 0 saturated carbocycles. The van der Waals surface area contributed by atoms with Gasteiger partial charge in [-0.25, -0.2) is 0 Å². The van der Waals surface area contributed by atoms with Gasteiger partial charge in [-0.1, -0.05) is 18.2 Å². The van der Waals surface area contributed by atoms with E-state index in [1.54, 1.807) is 19.1 Å². The lowest BCUT2D eigenvalue weighted by atomic mass is 9.93. The molecule has 2 rings (SSSR count). The van der Waals surface area contributed by atoms with E-state index < -0.39 is 6.04 Å². The zero-order valence-electron chi connectivity index (χ0n) is 15.6. The zero-order chi connectivity index (χ0) is 18.1. The summed E-state index contributed by atoms with van der Waals surface area (Å²) < 4.78 is 5.40. The van der Waals surface area contributed by atoms with Crippen molar-refractivity contribution in [3.05, 3.63) is 30.3 Å². The van der Waals surface area contributed by atoms with Gasteiger partial charge in [-0.2, -0.15) is 0 Å². The average Bonchev–Trinajstić information content (AvgIpc) is 2.65. The van der Waals surface area contributed by atoms with Crippen molar-refractivity contribution in [2.75, 3.05) is 33.3 Å². The summed E-state index contributed by atoms with van der Waals surface area (Å²) in [5.74, 6) is 1.02. The molecule has 0 bridgehead atoms. The lowest BCUT2D eigenvalue weighted by molar-refractivity contribution is -0.137. The van der Waals surface area contributed by atoms with Gasteiger partial charge in [0, 0.05) is 13.1 Å². The van der Waals surface area contributed by atoms with Crippen LogP contribution in [-0.2, 0) is 9.59 Å². The average molecular weight is 384 g/mol. The maximum absolute atomic E-state index is 12.5. The van der Waals surface area contributed by atoms with Crippen molar-refractivity contribution in [1.82, 2.24) is 15.5 Å². The minimum atomic E-state index is -0.527. The molecule has 1 saturated heterocycles. The number of rotatable bonds is 8. The Morgan fingerprint density at radius 2 is 1.88 bits per heavy atom. The van der Waals surface area contributed by atoms with Crippen molar-refractivity contribution in [3.8, 4) is 5.75 Å². The summed E-state index contributed by atoms with van der Waals surface area (Å²) in [6.45, 7) is 4.21. The molecule has 1 unspecified atom stereocenters. The van der Waals surface area contributed by atoms with Crippen LogP contribution >= 0.6 is 12.4 Å². The number of amides is 2. The Labute approximate surface area is 162 Å². The van der Waals surface area contributed by atoms with E-state index in [1.165, 1.54) is 0 Å². The summed E-state index contributed by atoms with van der Waals surface area (Å²) in [6.07, 6.45) is 3.22. The maximum atomic E-state index is 12.5. The molecule has 1 heterocycles. The van der Waals surface area contributed by atoms with E-state index in [0.717, 1.165) is 38.9 Å². The van der Waals surface area contributed by atoms with Gasteiger partial charge in [0.15, 0.2) is 6.61 Å². The molecular weight excluding hydrogens is 354 g/mol. The second-order valence-corrected chi connectivity index (χ2v) is 6.55. The molecule has 6 nitrogen and oxygen atoms in total. The Bertz CT molecular complexity index is 548. The first-order chi connectivity index (χ1) is 12.1. The second-order valence-electron chi connectivity index (χ2n) is 6.55. The van der Waals surface area contributed by atoms with E-state index in [0.29, 0.717) is 11.7 Å². The van der Waals surface area contributed by atoms with Crippen LogP contribution in [0.4, 0.5) is 0 Å². The SMILES string of the molecule is CNCCC1CCN(C(=O)C(C)NC(=O)COc2ccccc2)CC1.Cl. The Hall–Kier alpha value is -1.79. The third kappa shape index (κ3) is 7.22. The second kappa shape index (κ2) is 11.8. The molecule has 7 heteroatoms. The first kappa shape index (κ1) is 22.3. The van der Waals surface area contributed by atoms with Crippen molar-refractivity contribution in [3.63, 3.8) is 0 Å². The van der Waals surface area contributed by atoms with Crippen molar-refractivity contribution in [1.29, 1.82) is 0 Å². The topological polar surface area (TPSA) is 70.7 Å². The Kier molecular flexibility index (Phi) is 10.1. The number of piperidine rings is 1. The molecule has 0 radical (unpaired) electrons. The van der Waals surface area contributed by atoms with Gasteiger partial charge in [-0.05, 0) is 57.8 Å². The van der Waals surface area contributed by atoms with Crippen molar-refractivity contribution < 1.29 is 14.3 Å². The summed E-state index contributed by atoms with van der Waals surface area (Å²) in [7, 11) is 1.96. The van der Waals surface area contributed by atoms with Crippen molar-refractivity contribution in [2.24, 2.45) is 5.92 Å². The lowest BCUT2D eigenvalue weighted by Gasteiger charge is -2.33. The third-order valence-electron chi connectivity index (χ3n) is 4.59. The molecule has 2 amide bonds. The summed E-state index contributed by atoms with van der Waals surface area (Å²) in [5, 5.41) is 5.90. The molecule has 2 N–H and O–H groups in total. The van der Waals surface area contributed by atoms with Gasteiger partial charge in [0.2, 0.25) is 5.91 Å². The summed E-state index contributed by atoms with van der Waals surface area (Å²) in [4.78, 5) is 26.3. The number of carbonyl (C=O) groups excluding carboxylic acids is 2. The fourth-order valence-electron chi connectivity index (χ4n) is 3.07. The van der Waals surface area contributed by atoms with Crippen LogP contribution in [0.25, 0.3) is 0 Å². The fraction of sp³-hybridized carbons (Fsp3) is 0.579. The van der Waals surface area contributed by atoms with Crippen LogP contribution in [0.5, 0.6) is 5.75 Å². The van der Waals surface area contributed by atoms with Crippen LogP contribution in [0.1, 0.15) is 26.2 Å². The van der Waals surface area contributed by atoms with Gasteiger partial charge in [0.05, 0.1) is 0 Å². The Morgan fingerprint density at radius 1 is 1.23 bits per heavy atom. The molecule has 1 aliphatic rings. The van der Waals surface area contributed by atoms with Crippen molar-refractivity contribution in [2.45, 2.75) is 32.2 Å². The summed E-state index contributed by atoms with van der Waals surface area (Å²) in [6, 6.07) is 8.63. The minimum absolute atomic E-state index is 0. The van der Waals surface area contributed by atoms with Crippen LogP contribution in [0.3, 0.4) is 0 Å².